The van der Waals surface area contributed by atoms with E-state index in [-0.39, 0.29) is 17.9 Å². The number of nitrogens with one attached hydrogen (secondary N) is 1. The number of fused-ring (bicyclic) bond motifs is 2. The van der Waals surface area contributed by atoms with Gasteiger partial charge < -0.3 is 9.47 Å². The van der Waals surface area contributed by atoms with Crippen molar-refractivity contribution >= 4 is 5.84 Å². The van der Waals surface area contributed by atoms with E-state index in [0.717, 1.165) is 0 Å². The first kappa shape index (κ1) is 12.4. The molecule has 3 rings (SSSR count). The van der Waals surface area contributed by atoms with Crippen LogP contribution in [0.2, 0.25) is 0 Å². The van der Waals surface area contributed by atoms with E-state index < -0.39 is 16.7 Å². The van der Waals surface area contributed by atoms with Crippen molar-refractivity contribution < 1.29 is 14.5 Å². The molecule has 19 heavy (non-hydrogen) atoms. The Labute approximate surface area is 111 Å². The highest BCUT2D eigenvalue weighted by Gasteiger charge is 2.97. The molecule has 1 saturated carbocycles. The van der Waals surface area contributed by atoms with Gasteiger partial charge in [-0.3, -0.25) is 5.73 Å². The SMILES string of the molecule is CC(C)[C@H]1[C@@]2(C#N)[C@@]3([NH+]=C(N)[C@@]12C#N)OC[C@@H](C)O3. The first-order chi connectivity index (χ1) is 8.92. The lowest BCUT2D eigenvalue weighted by molar-refractivity contribution is -0.679. The van der Waals surface area contributed by atoms with E-state index in [1.807, 2.05) is 20.8 Å². The average molecular weight is 261 g/mol. The highest BCUT2D eigenvalue weighted by Crippen LogP contribution is 2.76. The summed E-state index contributed by atoms with van der Waals surface area (Å²) in [5.41, 5.74) is 3.95. The molecule has 0 aromatic rings. The van der Waals surface area contributed by atoms with Crippen molar-refractivity contribution in [3.63, 3.8) is 0 Å². The number of rotatable bonds is 1. The molecule has 0 radical (unpaired) electrons. The lowest BCUT2D eigenvalue weighted by Crippen LogP contribution is -2.90. The van der Waals surface area contributed by atoms with Crippen LogP contribution in [0.4, 0.5) is 0 Å². The monoisotopic (exact) mass is 261 g/mol. The second-order valence-corrected chi connectivity index (χ2v) is 5.96. The summed E-state index contributed by atoms with van der Waals surface area (Å²) in [6, 6.07) is 4.53. The lowest BCUT2D eigenvalue weighted by atomic mass is 9.93. The van der Waals surface area contributed by atoms with E-state index >= 15 is 0 Å². The van der Waals surface area contributed by atoms with E-state index in [4.69, 9.17) is 15.2 Å². The summed E-state index contributed by atoms with van der Waals surface area (Å²) < 4.78 is 11.6. The largest absolute Gasteiger partial charge is 0.343 e. The van der Waals surface area contributed by atoms with Crippen molar-refractivity contribution in [1.82, 2.24) is 0 Å². The van der Waals surface area contributed by atoms with Crippen molar-refractivity contribution in [2.45, 2.75) is 32.8 Å². The Balaban J connectivity index is 2.19. The summed E-state index contributed by atoms with van der Waals surface area (Å²) >= 11 is 0. The molecule has 1 aliphatic carbocycles. The molecule has 0 aromatic heterocycles. The Morgan fingerprint density at radius 1 is 1.42 bits per heavy atom. The van der Waals surface area contributed by atoms with Gasteiger partial charge in [-0.1, -0.05) is 13.8 Å². The van der Waals surface area contributed by atoms with Gasteiger partial charge in [0.25, 0.3) is 5.84 Å². The normalized spacial score (nSPS) is 50.7. The Morgan fingerprint density at radius 3 is 2.47 bits per heavy atom. The maximum atomic E-state index is 9.74. The van der Waals surface area contributed by atoms with Gasteiger partial charge in [-0.05, 0) is 12.8 Å². The average Bonchev–Trinajstić information content (AvgIpc) is 2.77. The van der Waals surface area contributed by atoms with Crippen LogP contribution in [0.25, 0.3) is 0 Å². The zero-order valence-corrected chi connectivity index (χ0v) is 11.2. The van der Waals surface area contributed by atoms with Crippen molar-refractivity contribution in [2.75, 3.05) is 6.61 Å². The predicted octanol–water partition coefficient (Wildman–Crippen LogP) is -1.17. The molecule has 3 N–H and O–H groups in total. The summed E-state index contributed by atoms with van der Waals surface area (Å²) in [7, 11) is 0. The summed E-state index contributed by atoms with van der Waals surface area (Å²) in [4.78, 5) is 2.93. The van der Waals surface area contributed by atoms with Gasteiger partial charge in [-0.25, -0.2) is 4.99 Å². The minimum absolute atomic E-state index is 0.131. The van der Waals surface area contributed by atoms with E-state index in [0.29, 0.717) is 12.4 Å². The minimum Gasteiger partial charge on any atom is -0.311 e. The third kappa shape index (κ3) is 0.992. The van der Waals surface area contributed by atoms with Crippen LogP contribution in [-0.2, 0) is 9.47 Å². The van der Waals surface area contributed by atoms with Gasteiger partial charge in [0.15, 0.2) is 10.8 Å². The Hall–Kier alpha value is -1.63. The Morgan fingerprint density at radius 2 is 2.11 bits per heavy atom. The van der Waals surface area contributed by atoms with Crippen LogP contribution < -0.4 is 10.7 Å². The lowest BCUT2D eigenvalue weighted by Gasteiger charge is -2.24. The molecule has 6 heteroatoms. The van der Waals surface area contributed by atoms with Gasteiger partial charge in [-0.2, -0.15) is 10.5 Å². The summed E-state index contributed by atoms with van der Waals surface area (Å²) in [6.45, 7) is 6.23. The molecular formula is C13H17N4O2+. The van der Waals surface area contributed by atoms with Gasteiger partial charge in [0.2, 0.25) is 0 Å². The molecule has 2 heterocycles. The van der Waals surface area contributed by atoms with Gasteiger partial charge in [-0.15, -0.1) is 0 Å². The zero-order chi connectivity index (χ0) is 14.1. The molecule has 2 fully saturated rings. The van der Waals surface area contributed by atoms with Crippen LogP contribution in [-0.4, -0.2) is 24.5 Å². The number of hydrogen-bond acceptors (Lipinski definition) is 5. The van der Waals surface area contributed by atoms with Gasteiger partial charge in [0, 0.05) is 5.92 Å². The summed E-state index contributed by atoms with van der Waals surface area (Å²) in [5.74, 6) is -1.01. The number of amidine groups is 1. The smallest absolute Gasteiger partial charge is 0.311 e. The number of nitrogens with zero attached hydrogens (tertiary/aromatic N) is 2. The van der Waals surface area contributed by atoms with Gasteiger partial charge >= 0.3 is 5.91 Å². The highest BCUT2D eigenvalue weighted by molar-refractivity contribution is 5.93. The number of ether oxygens (including phenoxy) is 2. The molecule has 1 saturated heterocycles. The van der Waals surface area contributed by atoms with Crippen LogP contribution in [0.5, 0.6) is 0 Å². The fourth-order valence-corrected chi connectivity index (χ4v) is 4.03. The first-order valence-electron chi connectivity index (χ1n) is 6.47. The number of nitrogens with two attached hydrogens (primary N) is 1. The van der Waals surface area contributed by atoms with Crippen molar-refractivity contribution in [3.8, 4) is 12.1 Å². The van der Waals surface area contributed by atoms with Gasteiger partial charge in [0.05, 0.1) is 24.8 Å². The molecule has 1 spiro atoms. The molecule has 100 valence electrons. The molecule has 6 nitrogen and oxygen atoms in total. The maximum Gasteiger partial charge on any atom is 0.343 e. The number of nitriles is 2. The molecule has 0 amide bonds. The Kier molecular flexibility index (Phi) is 2.14. The predicted molar refractivity (Wildman–Crippen MR) is 63.8 cm³/mol. The fraction of sp³-hybridized carbons (Fsp3) is 0.769. The molecule has 2 aliphatic heterocycles. The second kappa shape index (κ2) is 3.27. The minimum atomic E-state index is -1.27. The molecule has 3 aliphatic rings. The van der Waals surface area contributed by atoms with Crippen molar-refractivity contribution in [3.05, 3.63) is 0 Å². The van der Waals surface area contributed by atoms with E-state index in [1.54, 1.807) is 0 Å². The molecule has 0 bridgehead atoms. The zero-order valence-electron chi connectivity index (χ0n) is 11.2. The van der Waals surface area contributed by atoms with Crippen molar-refractivity contribution in [1.29, 1.82) is 10.5 Å². The fourth-order valence-electron chi connectivity index (χ4n) is 4.03. The third-order valence-electron chi connectivity index (χ3n) is 4.62. The topological polar surface area (TPSA) is 106 Å². The molecule has 0 aromatic carbocycles. The van der Waals surface area contributed by atoms with Gasteiger partial charge in [0.1, 0.15) is 0 Å². The summed E-state index contributed by atoms with van der Waals surface area (Å²) in [6.07, 6.45) is -0.131. The first-order valence-corrected chi connectivity index (χ1v) is 6.47. The second-order valence-electron chi connectivity index (χ2n) is 5.96. The molecule has 5 atom stereocenters. The Bertz CT molecular complexity index is 560. The van der Waals surface area contributed by atoms with Crippen LogP contribution in [0.3, 0.4) is 0 Å². The number of hydrogen-bond donors (Lipinski definition) is 2. The summed E-state index contributed by atoms with van der Waals surface area (Å²) in [5, 5.41) is 19.4. The maximum absolute atomic E-state index is 9.74. The van der Waals surface area contributed by atoms with E-state index in [9.17, 15) is 10.5 Å². The highest BCUT2D eigenvalue weighted by atomic mass is 16.8. The van der Waals surface area contributed by atoms with E-state index in [1.165, 1.54) is 0 Å². The van der Waals surface area contributed by atoms with Crippen LogP contribution >= 0.6 is 0 Å². The van der Waals surface area contributed by atoms with Crippen molar-refractivity contribution in [2.24, 2.45) is 28.4 Å². The quantitative estimate of drug-likeness (QED) is 0.619. The van der Waals surface area contributed by atoms with Crippen LogP contribution in [0.15, 0.2) is 0 Å². The molecule has 0 unspecified atom stereocenters. The standard InChI is InChI=1S/C13H16N4O2/c1-7(2)9-11(5-14)10(16)17-13(12(9,11)6-15)18-4-8(3)19-13/h7-9H,4H2,1-3H3,(H2,16,17)/p+1/t8-,9-,11-,12-,13-/m1/s1. The van der Waals surface area contributed by atoms with Crippen LogP contribution in [0.1, 0.15) is 20.8 Å². The molecular weight excluding hydrogens is 244 g/mol. The third-order valence-corrected chi connectivity index (χ3v) is 4.62. The van der Waals surface area contributed by atoms with E-state index in [2.05, 4.69) is 17.1 Å². The van der Waals surface area contributed by atoms with Crippen LogP contribution in [0, 0.1) is 45.3 Å².